The number of anilines is 1. The van der Waals surface area contributed by atoms with Crippen LogP contribution >= 0.6 is 11.6 Å². The average molecular weight is 431 g/mol. The van der Waals surface area contributed by atoms with E-state index in [0.717, 1.165) is 38.1 Å². The van der Waals surface area contributed by atoms with Crippen LogP contribution in [0, 0.1) is 0 Å². The molecule has 30 heavy (non-hydrogen) atoms. The van der Waals surface area contributed by atoms with Gasteiger partial charge in [-0.2, -0.15) is 0 Å². The third-order valence-corrected chi connectivity index (χ3v) is 6.01. The fraction of sp³-hybridized carbons (Fsp3) is 0.435. The van der Waals surface area contributed by atoms with Crippen molar-refractivity contribution in [2.45, 2.75) is 50.5 Å². The monoisotopic (exact) mass is 430 g/mol. The summed E-state index contributed by atoms with van der Waals surface area (Å²) in [5, 5.41) is 14.4. The van der Waals surface area contributed by atoms with E-state index in [9.17, 15) is 9.90 Å². The summed E-state index contributed by atoms with van der Waals surface area (Å²) in [6, 6.07) is 14.8. The Labute approximate surface area is 181 Å². The van der Waals surface area contributed by atoms with Crippen molar-refractivity contribution in [1.82, 2.24) is 4.90 Å². The molecule has 0 radical (unpaired) electrons. The molecule has 2 aromatic rings. The minimum absolute atomic E-state index is 0.0433. The van der Waals surface area contributed by atoms with Crippen molar-refractivity contribution in [1.29, 1.82) is 0 Å². The molecule has 4 rings (SSSR count). The Kier molecular flexibility index (Phi) is 6.46. The molecule has 2 N–H and O–H groups in total. The van der Waals surface area contributed by atoms with Crippen LogP contribution in [0.2, 0.25) is 5.02 Å². The second-order valence-corrected chi connectivity index (χ2v) is 8.38. The number of carbonyl (C=O) groups excluding carboxylic acids is 1. The summed E-state index contributed by atoms with van der Waals surface area (Å²) in [4.78, 5) is 13.7. The largest absolute Gasteiger partial charge is 0.489 e. The van der Waals surface area contributed by atoms with Crippen LogP contribution < -0.4 is 14.8 Å². The number of amides is 1. The Morgan fingerprint density at radius 3 is 2.63 bits per heavy atom. The van der Waals surface area contributed by atoms with E-state index in [-0.39, 0.29) is 24.2 Å². The number of aliphatic hydroxyl groups is 1. The molecule has 1 unspecified atom stereocenters. The minimum Gasteiger partial charge on any atom is -0.489 e. The molecular weight excluding hydrogens is 404 g/mol. The fourth-order valence-corrected chi connectivity index (χ4v) is 4.46. The van der Waals surface area contributed by atoms with Gasteiger partial charge >= 0.3 is 0 Å². The van der Waals surface area contributed by atoms with Crippen LogP contribution in [0.1, 0.15) is 26.2 Å². The van der Waals surface area contributed by atoms with Gasteiger partial charge < -0.3 is 19.9 Å². The third-order valence-electron chi connectivity index (χ3n) is 5.76. The lowest BCUT2D eigenvalue weighted by molar-refractivity contribution is -0.114. The number of nitrogens with one attached hydrogen (secondary N) is 1. The first kappa shape index (κ1) is 21.0. The first-order chi connectivity index (χ1) is 14.5. The highest BCUT2D eigenvalue weighted by Gasteiger charge is 2.42. The number of hydrogen-bond acceptors (Lipinski definition) is 5. The smallest absolute Gasteiger partial charge is 0.221 e. The molecule has 1 aliphatic carbocycles. The first-order valence-corrected chi connectivity index (χ1v) is 10.7. The zero-order valence-electron chi connectivity index (χ0n) is 17.0. The molecule has 0 spiro atoms. The summed E-state index contributed by atoms with van der Waals surface area (Å²) < 4.78 is 12.2. The zero-order chi connectivity index (χ0) is 21.1. The molecule has 1 saturated heterocycles. The highest BCUT2D eigenvalue weighted by Crippen LogP contribution is 2.34. The van der Waals surface area contributed by atoms with Crippen LogP contribution in [-0.4, -0.2) is 53.4 Å². The molecule has 2 aromatic carbocycles. The molecular formula is C23H27ClN2O4. The number of ether oxygens (including phenoxy) is 2. The van der Waals surface area contributed by atoms with Crippen molar-refractivity contribution in [3.8, 4) is 11.5 Å². The lowest BCUT2D eigenvalue weighted by Gasteiger charge is -2.28. The van der Waals surface area contributed by atoms with Gasteiger partial charge in [-0.15, -0.1) is 0 Å². The maximum absolute atomic E-state index is 11.4. The molecule has 1 heterocycles. The zero-order valence-corrected chi connectivity index (χ0v) is 17.7. The SMILES string of the molecule is CC(=O)Nc1ccccc1O[C@H]1CC[C@@H](N2CCC(Oc3ccc(Cl)cc3)C2)[C@@H]1O. The van der Waals surface area contributed by atoms with E-state index in [2.05, 4.69) is 10.2 Å². The molecule has 2 aliphatic rings. The van der Waals surface area contributed by atoms with Gasteiger partial charge in [0, 0.05) is 31.1 Å². The molecule has 0 aromatic heterocycles. The van der Waals surface area contributed by atoms with Crippen molar-refractivity contribution in [2.75, 3.05) is 18.4 Å². The molecule has 160 valence electrons. The second-order valence-electron chi connectivity index (χ2n) is 7.95. The molecule has 6 nitrogen and oxygen atoms in total. The maximum atomic E-state index is 11.4. The lowest BCUT2D eigenvalue weighted by Crippen LogP contribution is -2.44. The van der Waals surface area contributed by atoms with E-state index in [0.29, 0.717) is 16.5 Å². The van der Waals surface area contributed by atoms with Gasteiger partial charge in [-0.05, 0) is 55.7 Å². The molecule has 7 heteroatoms. The number of rotatable bonds is 6. The van der Waals surface area contributed by atoms with Crippen molar-refractivity contribution in [3.63, 3.8) is 0 Å². The second kappa shape index (κ2) is 9.25. The van der Waals surface area contributed by atoms with E-state index < -0.39 is 6.10 Å². The Hall–Kier alpha value is -2.28. The van der Waals surface area contributed by atoms with Crippen LogP contribution in [0.5, 0.6) is 11.5 Å². The van der Waals surface area contributed by atoms with Crippen molar-refractivity contribution < 1.29 is 19.4 Å². The Morgan fingerprint density at radius 1 is 1.10 bits per heavy atom. The number of aliphatic hydroxyl groups excluding tert-OH is 1. The van der Waals surface area contributed by atoms with Crippen LogP contribution in [0.4, 0.5) is 5.69 Å². The number of benzene rings is 2. The van der Waals surface area contributed by atoms with Crippen LogP contribution in [0.25, 0.3) is 0 Å². The van der Waals surface area contributed by atoms with Crippen molar-refractivity contribution in [2.24, 2.45) is 0 Å². The standard InChI is InChI=1S/C23H27ClN2O4/c1-15(27)25-19-4-2-3-5-21(19)30-22-11-10-20(23(22)28)26-13-12-18(14-26)29-17-8-6-16(24)7-9-17/h2-9,18,20,22-23,28H,10-14H2,1H3,(H,25,27)/t18?,20-,22+,23+/m1/s1. The quantitative estimate of drug-likeness (QED) is 0.730. The molecule has 1 amide bonds. The normalized spacial score (nSPS) is 26.5. The van der Waals surface area contributed by atoms with Crippen molar-refractivity contribution in [3.05, 3.63) is 53.6 Å². The molecule has 4 atom stereocenters. The van der Waals surface area contributed by atoms with Crippen LogP contribution in [0.15, 0.2) is 48.5 Å². The predicted molar refractivity (Wildman–Crippen MR) is 116 cm³/mol. The minimum atomic E-state index is -0.593. The summed E-state index contributed by atoms with van der Waals surface area (Å²) in [7, 11) is 0. The van der Waals surface area contributed by atoms with E-state index in [1.165, 1.54) is 6.92 Å². The highest BCUT2D eigenvalue weighted by molar-refractivity contribution is 6.30. The summed E-state index contributed by atoms with van der Waals surface area (Å²) in [6.45, 7) is 3.13. The Bertz CT molecular complexity index is 876. The van der Waals surface area contributed by atoms with Crippen LogP contribution in [-0.2, 0) is 4.79 Å². The first-order valence-electron chi connectivity index (χ1n) is 10.4. The van der Waals surface area contributed by atoms with Crippen LogP contribution in [0.3, 0.4) is 0 Å². The number of hydrogen-bond donors (Lipinski definition) is 2. The van der Waals surface area contributed by atoms with E-state index >= 15 is 0 Å². The van der Waals surface area contributed by atoms with Gasteiger partial charge in [0.15, 0.2) is 0 Å². The average Bonchev–Trinajstić information content (AvgIpc) is 3.32. The topological polar surface area (TPSA) is 71.0 Å². The highest BCUT2D eigenvalue weighted by atomic mass is 35.5. The van der Waals surface area contributed by atoms with Gasteiger partial charge in [0.1, 0.15) is 29.8 Å². The van der Waals surface area contributed by atoms with Gasteiger partial charge in [-0.1, -0.05) is 23.7 Å². The molecule has 2 fully saturated rings. The van der Waals surface area contributed by atoms with Gasteiger partial charge in [0.2, 0.25) is 5.91 Å². The molecule has 1 saturated carbocycles. The number of nitrogens with zero attached hydrogens (tertiary/aromatic N) is 1. The van der Waals surface area contributed by atoms with E-state index in [1.54, 1.807) is 6.07 Å². The molecule has 0 bridgehead atoms. The lowest BCUT2D eigenvalue weighted by atomic mass is 10.1. The van der Waals surface area contributed by atoms with E-state index in [1.807, 2.05) is 42.5 Å². The number of para-hydroxylation sites is 2. The third kappa shape index (κ3) is 4.89. The summed E-state index contributed by atoms with van der Waals surface area (Å²) in [5.74, 6) is 1.25. The van der Waals surface area contributed by atoms with E-state index in [4.69, 9.17) is 21.1 Å². The Balaban J connectivity index is 1.34. The number of carbonyl (C=O) groups is 1. The van der Waals surface area contributed by atoms with Gasteiger partial charge in [0.05, 0.1) is 5.69 Å². The Morgan fingerprint density at radius 2 is 1.87 bits per heavy atom. The van der Waals surface area contributed by atoms with Crippen molar-refractivity contribution >= 4 is 23.2 Å². The predicted octanol–water partition coefficient (Wildman–Crippen LogP) is 3.72. The summed E-state index contributed by atoms with van der Waals surface area (Å²) in [6.07, 6.45) is 1.74. The summed E-state index contributed by atoms with van der Waals surface area (Å²) in [5.41, 5.74) is 0.623. The molecule has 1 aliphatic heterocycles. The summed E-state index contributed by atoms with van der Waals surface area (Å²) >= 11 is 5.94. The maximum Gasteiger partial charge on any atom is 0.221 e. The van der Waals surface area contributed by atoms with Gasteiger partial charge in [0.25, 0.3) is 0 Å². The number of likely N-dealkylation sites (tertiary alicyclic amines) is 1. The number of halogens is 1. The van der Waals surface area contributed by atoms with Gasteiger partial charge in [-0.3, -0.25) is 9.69 Å². The fourth-order valence-electron chi connectivity index (χ4n) is 4.33. The van der Waals surface area contributed by atoms with Gasteiger partial charge in [-0.25, -0.2) is 0 Å².